The molecule has 2 N–H and O–H groups in total. The smallest absolute Gasteiger partial charge is 0.292 e. The summed E-state index contributed by atoms with van der Waals surface area (Å²) in [5.41, 5.74) is 3.10. The van der Waals surface area contributed by atoms with Gasteiger partial charge in [-0.15, -0.1) is 0 Å². The van der Waals surface area contributed by atoms with Crippen LogP contribution in [0.15, 0.2) is 27.7 Å². The Morgan fingerprint density at radius 3 is 2.48 bits per heavy atom. The van der Waals surface area contributed by atoms with Crippen LogP contribution in [-0.4, -0.2) is 26.0 Å². The zero-order chi connectivity index (χ0) is 17.0. The molecule has 0 saturated heterocycles. The fourth-order valence-electron chi connectivity index (χ4n) is 3.72. The van der Waals surface area contributed by atoms with Gasteiger partial charge in [0.15, 0.2) is 5.41 Å². The minimum Gasteiger partial charge on any atom is -0.386 e. The molecule has 118 valence electrons. The Kier molecular flexibility index (Phi) is 3.28. The highest BCUT2D eigenvalue weighted by molar-refractivity contribution is 9.10. The molecule has 1 aliphatic heterocycles. The highest BCUT2D eigenvalue weighted by Crippen LogP contribution is 2.82. The maximum atomic E-state index is 14.4. The number of rotatable bonds is 3. The first-order valence-corrected chi connectivity index (χ1v) is 7.43. The van der Waals surface area contributed by atoms with E-state index >= 15 is 0 Å². The van der Waals surface area contributed by atoms with E-state index in [0.717, 1.165) is 0 Å². The van der Waals surface area contributed by atoms with Gasteiger partial charge in [0.1, 0.15) is 17.1 Å². The summed E-state index contributed by atoms with van der Waals surface area (Å²) in [4.78, 5) is 4.07. The van der Waals surface area contributed by atoms with Crippen LogP contribution < -0.4 is 5.73 Å². The molecule has 23 heavy (non-hydrogen) atoms. The third kappa shape index (κ3) is 1.49. The average Bonchev–Trinajstić information content (AvgIpc) is 3.12. The van der Waals surface area contributed by atoms with Crippen LogP contribution in [0, 0.1) is 39.3 Å². The van der Waals surface area contributed by atoms with Gasteiger partial charge < -0.3 is 15.2 Å². The highest BCUT2D eigenvalue weighted by Gasteiger charge is 2.93. The van der Waals surface area contributed by atoms with Gasteiger partial charge in [-0.1, -0.05) is 15.9 Å². The molecular weight excluding hydrogens is 367 g/mol. The first kappa shape index (κ1) is 15.9. The number of nitrogens with zero attached hydrogens (tertiary/aromatic N) is 3. The summed E-state index contributed by atoms with van der Waals surface area (Å²) in [6, 6.07) is 8.45. The predicted octanol–water partition coefficient (Wildman–Crippen LogP) is 2.02. The Hall–Kier alpha value is -2.00. The van der Waals surface area contributed by atoms with Crippen molar-refractivity contribution in [2.75, 3.05) is 14.2 Å². The average molecular weight is 379 g/mol. The number of hydrogen-bond donors (Lipinski definition) is 1. The van der Waals surface area contributed by atoms with Gasteiger partial charge in [-0.2, -0.15) is 10.5 Å². The number of methoxy groups -OCH3 is 2. The molecule has 1 aromatic rings. The zero-order valence-corrected chi connectivity index (χ0v) is 13.9. The van der Waals surface area contributed by atoms with E-state index in [-0.39, 0.29) is 11.4 Å². The van der Waals surface area contributed by atoms with E-state index < -0.39 is 28.5 Å². The SMILES string of the molecule is COC1(OC)N=C(N)C2(C#N)C(c3cc(Br)ccc3F)C12C#N. The summed E-state index contributed by atoms with van der Waals surface area (Å²) in [6.45, 7) is 0. The van der Waals surface area contributed by atoms with E-state index in [1.807, 2.05) is 0 Å². The molecule has 0 bridgehead atoms. The Bertz CT molecular complexity index is 811. The molecular formula is C15H12BrFN4O2. The molecule has 3 rings (SSSR count). The number of nitrogens with two attached hydrogens (primary N) is 1. The molecule has 1 saturated carbocycles. The molecule has 0 spiro atoms. The van der Waals surface area contributed by atoms with Crippen LogP contribution in [-0.2, 0) is 9.47 Å². The third-order valence-electron chi connectivity index (χ3n) is 4.75. The van der Waals surface area contributed by atoms with Gasteiger partial charge in [-0.25, -0.2) is 9.38 Å². The Labute approximate surface area is 140 Å². The molecule has 1 fully saturated rings. The van der Waals surface area contributed by atoms with Crippen molar-refractivity contribution in [2.45, 2.75) is 11.8 Å². The summed E-state index contributed by atoms with van der Waals surface area (Å²) in [5, 5.41) is 19.6. The van der Waals surface area contributed by atoms with E-state index in [2.05, 4.69) is 33.1 Å². The lowest BCUT2D eigenvalue weighted by Crippen LogP contribution is -2.41. The van der Waals surface area contributed by atoms with Crippen molar-refractivity contribution >= 4 is 21.8 Å². The minimum atomic E-state index is -1.75. The van der Waals surface area contributed by atoms with E-state index in [1.54, 1.807) is 0 Å². The number of ether oxygens (including phenoxy) is 2. The first-order valence-electron chi connectivity index (χ1n) is 6.64. The van der Waals surface area contributed by atoms with Crippen molar-refractivity contribution in [1.29, 1.82) is 10.5 Å². The maximum Gasteiger partial charge on any atom is 0.292 e. The van der Waals surface area contributed by atoms with E-state index in [4.69, 9.17) is 15.2 Å². The summed E-state index contributed by atoms with van der Waals surface area (Å²) in [6.07, 6.45) is 0. The molecule has 0 amide bonds. The number of nitriles is 2. The largest absolute Gasteiger partial charge is 0.386 e. The molecule has 0 radical (unpaired) electrons. The Morgan fingerprint density at radius 1 is 1.30 bits per heavy atom. The van der Waals surface area contributed by atoms with Gasteiger partial charge in [-0.05, 0) is 23.8 Å². The van der Waals surface area contributed by atoms with Crippen LogP contribution in [0.4, 0.5) is 4.39 Å². The number of benzene rings is 1. The maximum absolute atomic E-state index is 14.4. The lowest BCUT2D eigenvalue weighted by atomic mass is 9.93. The van der Waals surface area contributed by atoms with Gasteiger partial charge in [-0.3, -0.25) is 0 Å². The van der Waals surface area contributed by atoms with Crippen LogP contribution in [0.25, 0.3) is 0 Å². The van der Waals surface area contributed by atoms with Crippen LogP contribution >= 0.6 is 15.9 Å². The van der Waals surface area contributed by atoms with Crippen LogP contribution in [0.5, 0.6) is 0 Å². The molecule has 3 atom stereocenters. The van der Waals surface area contributed by atoms with Crippen molar-refractivity contribution in [2.24, 2.45) is 21.6 Å². The van der Waals surface area contributed by atoms with Gasteiger partial charge in [0, 0.05) is 24.6 Å². The molecule has 1 heterocycles. The number of amidine groups is 1. The van der Waals surface area contributed by atoms with Crippen molar-refractivity contribution in [3.63, 3.8) is 0 Å². The van der Waals surface area contributed by atoms with Crippen molar-refractivity contribution in [1.82, 2.24) is 0 Å². The molecule has 0 aromatic heterocycles. The van der Waals surface area contributed by atoms with Gasteiger partial charge in [0.25, 0.3) is 5.91 Å². The van der Waals surface area contributed by atoms with E-state index in [9.17, 15) is 14.9 Å². The summed E-state index contributed by atoms with van der Waals surface area (Å²) >= 11 is 3.27. The monoisotopic (exact) mass is 378 g/mol. The summed E-state index contributed by atoms with van der Waals surface area (Å²) < 4.78 is 25.6. The topological polar surface area (TPSA) is 104 Å². The summed E-state index contributed by atoms with van der Waals surface area (Å²) in [7, 11) is 2.61. The standard InChI is InChI=1S/C15H12BrFN4O2/c1-22-15(23-2)14(7-19)11(13(14,6-18)12(20)21-15)9-5-8(16)3-4-10(9)17/h3-5,11H,1-2H3,(H2,20,21). The van der Waals surface area contributed by atoms with Crippen molar-refractivity contribution < 1.29 is 13.9 Å². The summed E-state index contributed by atoms with van der Waals surface area (Å²) in [5.74, 6) is -3.22. The third-order valence-corrected chi connectivity index (χ3v) is 5.24. The van der Waals surface area contributed by atoms with Crippen LogP contribution in [0.3, 0.4) is 0 Å². The van der Waals surface area contributed by atoms with Crippen LogP contribution in [0.2, 0.25) is 0 Å². The molecule has 2 aliphatic rings. The van der Waals surface area contributed by atoms with Crippen LogP contribution in [0.1, 0.15) is 11.5 Å². The fourth-order valence-corrected chi connectivity index (χ4v) is 4.10. The zero-order valence-electron chi connectivity index (χ0n) is 12.3. The number of aliphatic imine (C=N–C) groups is 1. The molecule has 1 aromatic carbocycles. The van der Waals surface area contributed by atoms with Crippen molar-refractivity contribution in [3.05, 3.63) is 34.1 Å². The molecule has 1 aliphatic carbocycles. The predicted molar refractivity (Wildman–Crippen MR) is 81.3 cm³/mol. The first-order chi connectivity index (χ1) is 10.9. The van der Waals surface area contributed by atoms with Gasteiger partial charge in [0.2, 0.25) is 0 Å². The van der Waals surface area contributed by atoms with Gasteiger partial charge >= 0.3 is 0 Å². The molecule has 6 nitrogen and oxygen atoms in total. The second kappa shape index (κ2) is 4.75. The lowest BCUT2D eigenvalue weighted by molar-refractivity contribution is -0.230. The highest BCUT2D eigenvalue weighted by atomic mass is 79.9. The Morgan fingerprint density at radius 2 is 1.96 bits per heavy atom. The van der Waals surface area contributed by atoms with E-state index in [1.165, 1.54) is 32.4 Å². The normalized spacial score (nSPS) is 33.3. The molecule has 8 heteroatoms. The second-order valence-electron chi connectivity index (χ2n) is 5.43. The van der Waals surface area contributed by atoms with Crippen molar-refractivity contribution in [3.8, 4) is 12.1 Å². The number of halogens is 2. The second-order valence-corrected chi connectivity index (χ2v) is 6.34. The Balaban J connectivity index is 2.30. The molecule has 3 unspecified atom stereocenters. The minimum absolute atomic E-state index is 0.0883. The number of fused-ring (bicyclic) bond motifs is 1. The lowest BCUT2D eigenvalue weighted by Gasteiger charge is -2.29. The fraction of sp³-hybridized carbons (Fsp3) is 0.400. The van der Waals surface area contributed by atoms with Gasteiger partial charge in [0.05, 0.1) is 12.1 Å². The quantitative estimate of drug-likeness (QED) is 0.810. The van der Waals surface area contributed by atoms with E-state index in [0.29, 0.717) is 4.47 Å². The number of hydrogen-bond acceptors (Lipinski definition) is 6.